The summed E-state index contributed by atoms with van der Waals surface area (Å²) in [6.07, 6.45) is 2.62. The molecule has 1 aliphatic heterocycles. The number of methoxy groups -OCH3 is 1. The number of hydrogen-bond acceptors (Lipinski definition) is 6. The predicted molar refractivity (Wildman–Crippen MR) is 139 cm³/mol. The van der Waals surface area contributed by atoms with E-state index in [1.807, 2.05) is 64.1 Å². The highest BCUT2D eigenvalue weighted by molar-refractivity contribution is 7.89. The SMILES string of the molecule is CCCCN1NC(C)C(C(=O)OC)=C1Cc1ccc(-c2ccccc2S(=O)(=O)NC(C)(C)C)cc1. The molecule has 35 heavy (non-hydrogen) atoms. The van der Waals surface area contributed by atoms with Gasteiger partial charge in [-0.15, -0.1) is 0 Å². The number of nitrogens with zero attached hydrogens (tertiary/aromatic N) is 1. The van der Waals surface area contributed by atoms with E-state index in [0.717, 1.165) is 36.2 Å². The summed E-state index contributed by atoms with van der Waals surface area (Å²) in [5, 5.41) is 2.06. The highest BCUT2D eigenvalue weighted by atomic mass is 32.2. The smallest absolute Gasteiger partial charge is 0.337 e. The van der Waals surface area contributed by atoms with Crippen LogP contribution in [0.1, 0.15) is 53.0 Å². The first kappa shape index (κ1) is 26.9. The molecule has 0 aromatic heterocycles. The van der Waals surface area contributed by atoms with Gasteiger partial charge in [-0.2, -0.15) is 0 Å². The number of unbranched alkanes of at least 4 members (excludes halogenated alkanes) is 1. The Balaban J connectivity index is 1.92. The summed E-state index contributed by atoms with van der Waals surface area (Å²) >= 11 is 0. The number of sulfonamides is 1. The van der Waals surface area contributed by atoms with Gasteiger partial charge in [0.2, 0.25) is 10.0 Å². The normalized spacial score (nSPS) is 16.6. The van der Waals surface area contributed by atoms with E-state index >= 15 is 0 Å². The lowest BCUT2D eigenvalue weighted by atomic mass is 9.99. The van der Waals surface area contributed by atoms with Gasteiger partial charge in [-0.1, -0.05) is 55.8 Å². The van der Waals surface area contributed by atoms with Crippen molar-refractivity contribution in [1.82, 2.24) is 15.2 Å². The van der Waals surface area contributed by atoms with E-state index in [0.29, 0.717) is 17.6 Å². The van der Waals surface area contributed by atoms with E-state index in [1.165, 1.54) is 7.11 Å². The molecule has 2 aromatic rings. The molecule has 7 nitrogen and oxygen atoms in total. The molecule has 0 fully saturated rings. The lowest BCUT2D eigenvalue weighted by molar-refractivity contribution is -0.136. The van der Waals surface area contributed by atoms with E-state index in [9.17, 15) is 13.2 Å². The summed E-state index contributed by atoms with van der Waals surface area (Å²) in [5.74, 6) is -0.318. The van der Waals surface area contributed by atoms with Crippen LogP contribution in [0.3, 0.4) is 0 Å². The monoisotopic (exact) mass is 499 g/mol. The second kappa shape index (κ2) is 10.9. The summed E-state index contributed by atoms with van der Waals surface area (Å²) in [4.78, 5) is 12.8. The Morgan fingerprint density at radius 2 is 1.77 bits per heavy atom. The maximum absolute atomic E-state index is 13.0. The first-order valence-corrected chi connectivity index (χ1v) is 13.5. The van der Waals surface area contributed by atoms with Crippen molar-refractivity contribution in [2.24, 2.45) is 0 Å². The fourth-order valence-corrected chi connectivity index (χ4v) is 5.92. The molecule has 1 heterocycles. The Morgan fingerprint density at radius 1 is 1.11 bits per heavy atom. The summed E-state index contributed by atoms with van der Waals surface area (Å²) in [6.45, 7) is 10.4. The van der Waals surface area contributed by atoms with E-state index in [1.54, 1.807) is 12.1 Å². The molecular weight excluding hydrogens is 462 g/mol. The number of ether oxygens (including phenoxy) is 1. The van der Waals surface area contributed by atoms with Crippen LogP contribution < -0.4 is 10.1 Å². The molecule has 1 aliphatic rings. The lowest BCUT2D eigenvalue weighted by Crippen LogP contribution is -2.40. The fourth-order valence-electron chi connectivity index (χ4n) is 4.28. The quantitative estimate of drug-likeness (QED) is 0.497. The van der Waals surface area contributed by atoms with Crippen LogP contribution in [0.15, 0.2) is 64.7 Å². The molecule has 1 atom stereocenters. The van der Waals surface area contributed by atoms with Gasteiger partial charge in [0.15, 0.2) is 0 Å². The number of nitrogens with one attached hydrogen (secondary N) is 2. The van der Waals surface area contributed by atoms with Gasteiger partial charge in [-0.25, -0.2) is 23.4 Å². The molecule has 0 radical (unpaired) electrons. The van der Waals surface area contributed by atoms with E-state index < -0.39 is 15.6 Å². The van der Waals surface area contributed by atoms with Gasteiger partial charge in [-0.3, -0.25) is 0 Å². The largest absolute Gasteiger partial charge is 0.466 e. The zero-order chi connectivity index (χ0) is 25.8. The second-order valence-electron chi connectivity index (χ2n) is 9.93. The number of carbonyl (C=O) groups is 1. The minimum absolute atomic E-state index is 0.124. The van der Waals surface area contributed by atoms with Crippen molar-refractivity contribution in [2.45, 2.75) is 70.4 Å². The molecule has 0 aliphatic carbocycles. The zero-order valence-electron chi connectivity index (χ0n) is 21.5. The lowest BCUT2D eigenvalue weighted by Gasteiger charge is -2.23. The molecule has 0 saturated heterocycles. The van der Waals surface area contributed by atoms with Gasteiger partial charge in [0.25, 0.3) is 0 Å². The third kappa shape index (κ3) is 6.51. The standard InChI is InChI=1S/C27H37N3O4S/c1-7-8-17-30-23(25(19(2)28-30)26(31)34-6)18-20-13-15-21(16-14-20)22-11-9-10-12-24(22)35(32,33)29-27(3,4)5/h9-16,19,28-29H,7-8,17-18H2,1-6H3. The molecule has 2 aromatic carbocycles. The van der Waals surface area contributed by atoms with Gasteiger partial charge in [0.05, 0.1) is 23.6 Å². The van der Waals surface area contributed by atoms with Crippen molar-refractivity contribution in [1.29, 1.82) is 0 Å². The average Bonchev–Trinajstić information content (AvgIpc) is 3.10. The van der Waals surface area contributed by atoms with Crippen LogP contribution in [-0.2, 0) is 26.0 Å². The Kier molecular flexibility index (Phi) is 8.41. The first-order chi connectivity index (χ1) is 16.5. The Morgan fingerprint density at radius 3 is 2.37 bits per heavy atom. The molecule has 1 unspecified atom stereocenters. The van der Waals surface area contributed by atoms with Gasteiger partial charge >= 0.3 is 5.97 Å². The number of benzene rings is 2. The Bertz CT molecular complexity index is 1180. The maximum atomic E-state index is 13.0. The van der Waals surface area contributed by atoms with Crippen molar-refractivity contribution >= 4 is 16.0 Å². The van der Waals surface area contributed by atoms with Crippen molar-refractivity contribution in [3.05, 3.63) is 65.4 Å². The molecule has 3 rings (SSSR count). The molecular formula is C27H37N3O4S. The zero-order valence-corrected chi connectivity index (χ0v) is 22.3. The molecule has 0 bridgehead atoms. The maximum Gasteiger partial charge on any atom is 0.337 e. The third-order valence-electron chi connectivity index (χ3n) is 5.81. The van der Waals surface area contributed by atoms with E-state index in [-0.39, 0.29) is 16.9 Å². The van der Waals surface area contributed by atoms with Crippen LogP contribution >= 0.6 is 0 Å². The summed E-state index contributed by atoms with van der Waals surface area (Å²) in [6, 6.07) is 14.7. The second-order valence-corrected chi connectivity index (χ2v) is 11.6. The topological polar surface area (TPSA) is 87.7 Å². The predicted octanol–water partition coefficient (Wildman–Crippen LogP) is 4.41. The molecule has 0 amide bonds. The van der Waals surface area contributed by atoms with Gasteiger partial charge in [0, 0.05) is 29.8 Å². The van der Waals surface area contributed by atoms with Crippen LogP contribution in [0, 0.1) is 0 Å². The van der Waals surface area contributed by atoms with Gasteiger partial charge < -0.3 is 9.75 Å². The van der Waals surface area contributed by atoms with Crippen molar-refractivity contribution in [3.63, 3.8) is 0 Å². The van der Waals surface area contributed by atoms with Crippen molar-refractivity contribution < 1.29 is 17.9 Å². The highest BCUT2D eigenvalue weighted by Crippen LogP contribution is 2.30. The number of hydrogen-bond donors (Lipinski definition) is 2. The molecule has 190 valence electrons. The van der Waals surface area contributed by atoms with Crippen molar-refractivity contribution in [2.75, 3.05) is 13.7 Å². The number of esters is 1. The summed E-state index contributed by atoms with van der Waals surface area (Å²) in [5.41, 5.74) is 6.85. The van der Waals surface area contributed by atoms with Crippen LogP contribution in [0.5, 0.6) is 0 Å². The Labute approximate surface area is 209 Å². The third-order valence-corrected chi connectivity index (χ3v) is 7.63. The van der Waals surface area contributed by atoms with Crippen LogP contribution in [0.2, 0.25) is 0 Å². The number of hydrazine groups is 1. The molecule has 0 saturated carbocycles. The average molecular weight is 500 g/mol. The minimum Gasteiger partial charge on any atom is -0.466 e. The summed E-state index contributed by atoms with van der Waals surface area (Å²) < 4.78 is 33.9. The Hall–Kier alpha value is -2.68. The highest BCUT2D eigenvalue weighted by Gasteiger charge is 2.33. The van der Waals surface area contributed by atoms with Crippen LogP contribution in [0.4, 0.5) is 0 Å². The number of rotatable bonds is 9. The molecule has 8 heteroatoms. The molecule has 2 N–H and O–H groups in total. The number of allylic oxidation sites excluding steroid dienone is 1. The summed E-state index contributed by atoms with van der Waals surface area (Å²) in [7, 11) is -2.29. The number of carbonyl (C=O) groups excluding carboxylic acids is 1. The van der Waals surface area contributed by atoms with Crippen LogP contribution in [-0.4, -0.2) is 44.6 Å². The van der Waals surface area contributed by atoms with E-state index in [4.69, 9.17) is 4.74 Å². The van der Waals surface area contributed by atoms with Crippen molar-refractivity contribution in [3.8, 4) is 11.1 Å². The molecule has 0 spiro atoms. The van der Waals surface area contributed by atoms with E-state index in [2.05, 4.69) is 22.1 Å². The fraction of sp³-hybridized carbons (Fsp3) is 0.444. The van der Waals surface area contributed by atoms with Gasteiger partial charge in [0.1, 0.15) is 0 Å². The minimum atomic E-state index is -3.69. The van der Waals surface area contributed by atoms with Crippen LogP contribution in [0.25, 0.3) is 11.1 Å². The van der Waals surface area contributed by atoms with Gasteiger partial charge in [-0.05, 0) is 51.3 Å². The first-order valence-electron chi connectivity index (χ1n) is 12.0.